The van der Waals surface area contributed by atoms with E-state index in [9.17, 15) is 0 Å². The van der Waals surface area contributed by atoms with E-state index in [2.05, 4.69) is 15.2 Å². The number of rotatable bonds is 4. The Labute approximate surface area is 111 Å². The van der Waals surface area contributed by atoms with Crippen molar-refractivity contribution >= 4 is 22.9 Å². The number of piperidine rings is 1. The molecule has 0 amide bonds. The molecule has 1 aliphatic carbocycles. The normalized spacial score (nSPS) is 23.1. The molecular weight excluding hydrogens is 254 g/mol. The van der Waals surface area contributed by atoms with Crippen LogP contribution < -0.4 is 5.32 Å². The highest BCUT2D eigenvalue weighted by Crippen LogP contribution is 2.29. The number of halogens is 1. The van der Waals surface area contributed by atoms with E-state index in [1.54, 1.807) is 17.5 Å². The standard InChI is InChI=1S/C12H18ClN3S/c13-11-7-15-12(17-11)8-14-9-3-5-16(6-4-9)10-1-2-10/h7,9-10,14H,1-6,8H2. The van der Waals surface area contributed by atoms with E-state index in [1.165, 1.54) is 38.8 Å². The van der Waals surface area contributed by atoms with Crippen LogP contribution in [-0.2, 0) is 6.54 Å². The first-order chi connectivity index (χ1) is 8.31. The Morgan fingerprint density at radius 1 is 1.35 bits per heavy atom. The maximum atomic E-state index is 5.86. The monoisotopic (exact) mass is 271 g/mol. The minimum atomic E-state index is 0.660. The summed E-state index contributed by atoms with van der Waals surface area (Å²) in [6, 6.07) is 1.58. The second-order valence-corrected chi connectivity index (χ2v) is 6.73. The lowest BCUT2D eigenvalue weighted by molar-refractivity contribution is 0.189. The molecule has 0 aromatic carbocycles. The summed E-state index contributed by atoms with van der Waals surface area (Å²) < 4.78 is 0.783. The number of aromatic nitrogens is 1. The van der Waals surface area contributed by atoms with E-state index < -0.39 is 0 Å². The van der Waals surface area contributed by atoms with Crippen LogP contribution in [0.25, 0.3) is 0 Å². The molecule has 1 N–H and O–H groups in total. The Bertz CT molecular complexity index is 370. The molecule has 2 aliphatic rings. The summed E-state index contributed by atoms with van der Waals surface area (Å²) in [4.78, 5) is 6.92. The zero-order chi connectivity index (χ0) is 11.7. The van der Waals surface area contributed by atoms with Gasteiger partial charge in [0.25, 0.3) is 0 Å². The third-order valence-corrected chi connectivity index (χ3v) is 4.77. The fourth-order valence-corrected chi connectivity index (χ4v) is 3.42. The van der Waals surface area contributed by atoms with E-state index in [0.717, 1.165) is 21.9 Å². The molecule has 0 spiro atoms. The predicted molar refractivity (Wildman–Crippen MR) is 71.6 cm³/mol. The lowest BCUT2D eigenvalue weighted by Crippen LogP contribution is -2.43. The summed E-state index contributed by atoms with van der Waals surface area (Å²) in [5.41, 5.74) is 0. The molecule has 1 saturated heterocycles. The highest BCUT2D eigenvalue weighted by atomic mass is 35.5. The maximum absolute atomic E-state index is 5.86. The topological polar surface area (TPSA) is 28.2 Å². The summed E-state index contributed by atoms with van der Waals surface area (Å²) in [5, 5.41) is 4.69. The van der Waals surface area contributed by atoms with Gasteiger partial charge >= 0.3 is 0 Å². The molecule has 1 saturated carbocycles. The van der Waals surface area contributed by atoms with Crippen LogP contribution in [-0.4, -0.2) is 35.1 Å². The van der Waals surface area contributed by atoms with Crippen molar-refractivity contribution in [1.82, 2.24) is 15.2 Å². The molecule has 0 atom stereocenters. The van der Waals surface area contributed by atoms with Crippen molar-refractivity contribution in [2.75, 3.05) is 13.1 Å². The molecule has 2 fully saturated rings. The van der Waals surface area contributed by atoms with E-state index in [-0.39, 0.29) is 0 Å². The lowest BCUT2D eigenvalue weighted by Gasteiger charge is -2.32. The minimum Gasteiger partial charge on any atom is -0.308 e. The Kier molecular flexibility index (Phi) is 3.66. The van der Waals surface area contributed by atoms with Gasteiger partial charge < -0.3 is 10.2 Å². The van der Waals surface area contributed by atoms with Crippen LogP contribution in [0.5, 0.6) is 0 Å². The van der Waals surface area contributed by atoms with Crippen LogP contribution in [0.4, 0.5) is 0 Å². The third-order valence-electron chi connectivity index (χ3n) is 3.66. The van der Waals surface area contributed by atoms with Crippen LogP contribution in [0, 0.1) is 0 Å². The highest BCUT2D eigenvalue weighted by molar-refractivity contribution is 7.15. The van der Waals surface area contributed by atoms with Crippen LogP contribution >= 0.6 is 22.9 Å². The fraction of sp³-hybridized carbons (Fsp3) is 0.750. The van der Waals surface area contributed by atoms with Gasteiger partial charge in [-0.05, 0) is 38.8 Å². The highest BCUT2D eigenvalue weighted by Gasteiger charge is 2.31. The Balaban J connectivity index is 1.41. The summed E-state index contributed by atoms with van der Waals surface area (Å²) in [6.07, 6.45) is 7.13. The Morgan fingerprint density at radius 2 is 2.12 bits per heavy atom. The van der Waals surface area contributed by atoms with E-state index in [0.29, 0.717) is 6.04 Å². The van der Waals surface area contributed by atoms with Gasteiger partial charge in [0.15, 0.2) is 0 Å². The SMILES string of the molecule is Clc1cnc(CNC2CCN(C3CC3)CC2)s1. The van der Waals surface area contributed by atoms with Gasteiger partial charge in [-0.2, -0.15) is 0 Å². The van der Waals surface area contributed by atoms with Crippen LogP contribution in [0.15, 0.2) is 6.20 Å². The molecule has 0 radical (unpaired) electrons. The van der Waals surface area contributed by atoms with Crippen molar-refractivity contribution in [2.24, 2.45) is 0 Å². The van der Waals surface area contributed by atoms with Crippen molar-refractivity contribution in [3.05, 3.63) is 15.5 Å². The van der Waals surface area contributed by atoms with Crippen molar-refractivity contribution in [2.45, 2.75) is 44.3 Å². The summed E-state index contributed by atoms with van der Waals surface area (Å²) in [7, 11) is 0. The largest absolute Gasteiger partial charge is 0.308 e. The van der Waals surface area contributed by atoms with E-state index >= 15 is 0 Å². The van der Waals surface area contributed by atoms with Gasteiger partial charge in [-0.1, -0.05) is 11.6 Å². The second kappa shape index (κ2) is 5.22. The Hall–Kier alpha value is -0.160. The number of hydrogen-bond acceptors (Lipinski definition) is 4. The van der Waals surface area contributed by atoms with E-state index in [1.807, 2.05) is 0 Å². The van der Waals surface area contributed by atoms with Crippen molar-refractivity contribution in [3.63, 3.8) is 0 Å². The number of thiazole rings is 1. The molecule has 3 nitrogen and oxygen atoms in total. The first-order valence-electron chi connectivity index (χ1n) is 6.39. The lowest BCUT2D eigenvalue weighted by atomic mass is 10.1. The number of nitrogens with one attached hydrogen (secondary N) is 1. The van der Waals surface area contributed by atoms with Crippen molar-refractivity contribution < 1.29 is 0 Å². The van der Waals surface area contributed by atoms with Gasteiger partial charge in [-0.3, -0.25) is 0 Å². The molecule has 5 heteroatoms. The molecule has 1 aromatic rings. The van der Waals surface area contributed by atoms with E-state index in [4.69, 9.17) is 11.6 Å². The third kappa shape index (κ3) is 3.19. The van der Waals surface area contributed by atoms with Crippen molar-refractivity contribution in [3.8, 4) is 0 Å². The summed E-state index contributed by atoms with van der Waals surface area (Å²) in [5.74, 6) is 0. The average Bonchev–Trinajstić information content (AvgIpc) is 3.11. The van der Waals surface area contributed by atoms with Crippen LogP contribution in [0.3, 0.4) is 0 Å². The first-order valence-corrected chi connectivity index (χ1v) is 7.58. The smallest absolute Gasteiger partial charge is 0.113 e. The van der Waals surface area contributed by atoms with Crippen LogP contribution in [0.1, 0.15) is 30.7 Å². The van der Waals surface area contributed by atoms with Gasteiger partial charge in [0.2, 0.25) is 0 Å². The van der Waals surface area contributed by atoms with Gasteiger partial charge in [-0.15, -0.1) is 11.3 Å². The van der Waals surface area contributed by atoms with Crippen LogP contribution in [0.2, 0.25) is 4.34 Å². The average molecular weight is 272 g/mol. The number of nitrogens with zero attached hydrogens (tertiary/aromatic N) is 2. The predicted octanol–water partition coefficient (Wildman–Crippen LogP) is 2.51. The molecule has 94 valence electrons. The van der Waals surface area contributed by atoms with Gasteiger partial charge in [0, 0.05) is 18.6 Å². The molecule has 0 unspecified atom stereocenters. The Morgan fingerprint density at radius 3 is 2.71 bits per heavy atom. The zero-order valence-corrected chi connectivity index (χ0v) is 11.4. The quantitative estimate of drug-likeness (QED) is 0.912. The minimum absolute atomic E-state index is 0.660. The van der Waals surface area contributed by atoms with Gasteiger partial charge in [0.1, 0.15) is 9.34 Å². The fourth-order valence-electron chi connectivity index (χ4n) is 2.51. The number of likely N-dealkylation sites (tertiary alicyclic amines) is 1. The zero-order valence-electron chi connectivity index (χ0n) is 9.86. The molecule has 1 aliphatic heterocycles. The number of hydrogen-bond donors (Lipinski definition) is 1. The molecule has 2 heterocycles. The molecule has 1 aromatic heterocycles. The second-order valence-electron chi connectivity index (χ2n) is 4.98. The molecule has 17 heavy (non-hydrogen) atoms. The van der Waals surface area contributed by atoms with Gasteiger partial charge in [-0.25, -0.2) is 4.98 Å². The maximum Gasteiger partial charge on any atom is 0.113 e. The molecule has 3 rings (SSSR count). The summed E-state index contributed by atoms with van der Waals surface area (Å²) in [6.45, 7) is 3.40. The summed E-state index contributed by atoms with van der Waals surface area (Å²) >= 11 is 7.44. The molecule has 0 bridgehead atoms. The first kappa shape index (κ1) is 11.9. The van der Waals surface area contributed by atoms with Crippen molar-refractivity contribution in [1.29, 1.82) is 0 Å². The molecular formula is C12H18ClN3S. The van der Waals surface area contributed by atoms with Gasteiger partial charge in [0.05, 0.1) is 6.20 Å².